The van der Waals surface area contributed by atoms with E-state index in [0.29, 0.717) is 30.8 Å². The van der Waals surface area contributed by atoms with E-state index in [1.54, 1.807) is 13.1 Å². The summed E-state index contributed by atoms with van der Waals surface area (Å²) in [5.74, 6) is 4.44. The Hall–Kier alpha value is -3.85. The number of hydrogen-bond donors (Lipinski definition) is 3. The van der Waals surface area contributed by atoms with Crippen molar-refractivity contribution < 1.29 is 23.8 Å². The highest BCUT2D eigenvalue weighted by Crippen LogP contribution is 2.45. The predicted molar refractivity (Wildman–Crippen MR) is 155 cm³/mol. The van der Waals surface area contributed by atoms with Crippen LogP contribution in [0.1, 0.15) is 61.6 Å². The maximum absolute atomic E-state index is 14.5. The summed E-state index contributed by atoms with van der Waals surface area (Å²) in [5, 5.41) is 17.8. The highest BCUT2D eigenvalue weighted by Gasteiger charge is 2.44. The summed E-state index contributed by atoms with van der Waals surface area (Å²) in [6, 6.07) is 10.5. The highest BCUT2D eigenvalue weighted by atomic mass is 19.1. The molecule has 216 valence electrons. The lowest BCUT2D eigenvalue weighted by Gasteiger charge is -2.31. The number of benzene rings is 2. The molecule has 3 unspecified atom stereocenters. The van der Waals surface area contributed by atoms with Gasteiger partial charge in [-0.05, 0) is 73.9 Å². The quantitative estimate of drug-likeness (QED) is 0.473. The highest BCUT2D eigenvalue weighted by molar-refractivity contribution is 5.88. The average Bonchev–Trinajstić information content (AvgIpc) is 3.76. The van der Waals surface area contributed by atoms with Gasteiger partial charge in [0.05, 0.1) is 18.8 Å². The van der Waals surface area contributed by atoms with Gasteiger partial charge in [0.15, 0.2) is 0 Å². The normalized spacial score (nSPS) is 22.0. The Morgan fingerprint density at radius 2 is 2.00 bits per heavy atom. The number of aliphatic hydroxyl groups excluding tert-OH is 1. The minimum atomic E-state index is -1.04. The lowest BCUT2D eigenvalue weighted by Crippen LogP contribution is -2.55. The number of ether oxygens (including phenoxy) is 1. The van der Waals surface area contributed by atoms with E-state index in [2.05, 4.69) is 22.5 Å². The van der Waals surface area contributed by atoms with E-state index < -0.39 is 29.9 Å². The van der Waals surface area contributed by atoms with Crippen molar-refractivity contribution in [2.75, 3.05) is 20.2 Å². The number of halogens is 1. The summed E-state index contributed by atoms with van der Waals surface area (Å²) >= 11 is 0. The standard InChI is InChI=1S/C33H38FN3O4/c1-4-10-29-32(40)36-28(30(38)22-35-33(14-15-33)25-12-9-11-23(5-2)17-25)20-24-18-26(34)21-27(19-24)41-16-8-6-7-13-31(39)37(29)3/h1-2,9,11-12,17-19,21,28-30,35,38H,6-8,10,13-16,20,22H2,3H3,(H,36,40). The number of rotatable bonds is 6. The van der Waals surface area contributed by atoms with Gasteiger partial charge in [-0.3, -0.25) is 9.59 Å². The smallest absolute Gasteiger partial charge is 0.244 e. The van der Waals surface area contributed by atoms with Crippen LogP contribution in [0.15, 0.2) is 42.5 Å². The Balaban J connectivity index is 1.58. The van der Waals surface area contributed by atoms with Crippen molar-refractivity contribution >= 4 is 11.8 Å². The van der Waals surface area contributed by atoms with Gasteiger partial charge >= 0.3 is 0 Å². The summed E-state index contributed by atoms with van der Waals surface area (Å²) in [6.07, 6.45) is 14.4. The maximum Gasteiger partial charge on any atom is 0.244 e. The SMILES string of the molecule is C#CCC1C(=O)NC(C(O)CNC2(c3cccc(C#C)c3)CC2)Cc2cc(F)cc(c2)OCCCCCC(=O)N1C. The number of hydrogen-bond acceptors (Lipinski definition) is 5. The van der Waals surface area contributed by atoms with Gasteiger partial charge in [-0.15, -0.1) is 18.8 Å². The van der Waals surface area contributed by atoms with E-state index in [-0.39, 0.29) is 37.3 Å². The molecule has 1 fully saturated rings. The first-order valence-electron chi connectivity index (χ1n) is 14.2. The van der Waals surface area contributed by atoms with Crippen LogP contribution in [0.2, 0.25) is 0 Å². The van der Waals surface area contributed by atoms with Gasteiger partial charge in [0.25, 0.3) is 0 Å². The summed E-state index contributed by atoms with van der Waals surface area (Å²) in [7, 11) is 1.57. The van der Waals surface area contributed by atoms with Crippen LogP contribution in [-0.2, 0) is 21.5 Å². The predicted octanol–water partition coefficient (Wildman–Crippen LogP) is 3.28. The minimum Gasteiger partial charge on any atom is -0.493 e. The van der Waals surface area contributed by atoms with Crippen molar-refractivity contribution in [3.8, 4) is 30.4 Å². The van der Waals surface area contributed by atoms with Gasteiger partial charge in [0.1, 0.15) is 17.6 Å². The van der Waals surface area contributed by atoms with Crippen LogP contribution in [0, 0.1) is 30.5 Å². The second-order valence-electron chi connectivity index (χ2n) is 11.0. The topological polar surface area (TPSA) is 90.9 Å². The maximum atomic E-state index is 14.5. The molecule has 1 aliphatic carbocycles. The number of amides is 2. The van der Waals surface area contributed by atoms with E-state index in [4.69, 9.17) is 17.6 Å². The van der Waals surface area contributed by atoms with Crippen LogP contribution in [0.5, 0.6) is 5.75 Å². The van der Waals surface area contributed by atoms with Crippen LogP contribution >= 0.6 is 0 Å². The molecule has 41 heavy (non-hydrogen) atoms. The molecule has 8 heteroatoms. The second-order valence-corrected chi connectivity index (χ2v) is 11.0. The molecule has 0 aromatic heterocycles. The zero-order valence-corrected chi connectivity index (χ0v) is 23.5. The van der Waals surface area contributed by atoms with Crippen LogP contribution in [0.25, 0.3) is 0 Å². The molecule has 0 radical (unpaired) electrons. The fraction of sp³-hybridized carbons (Fsp3) is 0.455. The fourth-order valence-corrected chi connectivity index (χ4v) is 5.29. The van der Waals surface area contributed by atoms with E-state index in [1.807, 2.05) is 24.3 Å². The largest absolute Gasteiger partial charge is 0.493 e. The first-order valence-corrected chi connectivity index (χ1v) is 14.2. The molecular formula is C33H38FN3O4. The molecule has 2 amide bonds. The lowest BCUT2D eigenvalue weighted by atomic mass is 9.98. The molecule has 0 spiro atoms. The van der Waals surface area contributed by atoms with Gasteiger partial charge in [0, 0.05) is 43.6 Å². The molecule has 1 aliphatic heterocycles. The number of likely N-dealkylation sites (N-methyl/N-ethyl adjacent to an activating group) is 1. The van der Waals surface area contributed by atoms with E-state index >= 15 is 0 Å². The van der Waals surface area contributed by atoms with Gasteiger partial charge in [0.2, 0.25) is 11.8 Å². The van der Waals surface area contributed by atoms with Crippen LogP contribution in [0.3, 0.4) is 0 Å². The Labute approximate surface area is 241 Å². The molecule has 3 N–H and O–H groups in total. The van der Waals surface area contributed by atoms with Crippen molar-refractivity contribution in [1.82, 2.24) is 15.5 Å². The van der Waals surface area contributed by atoms with E-state index in [1.165, 1.54) is 17.0 Å². The van der Waals surface area contributed by atoms with E-state index in [0.717, 1.165) is 30.4 Å². The third kappa shape index (κ3) is 7.88. The molecule has 0 saturated heterocycles. The van der Waals surface area contributed by atoms with Crippen molar-refractivity contribution in [3.63, 3.8) is 0 Å². The van der Waals surface area contributed by atoms with Gasteiger partial charge in [-0.1, -0.05) is 18.1 Å². The Morgan fingerprint density at radius 1 is 1.20 bits per heavy atom. The summed E-state index contributed by atoms with van der Waals surface area (Å²) in [6.45, 7) is 0.556. The first kappa shape index (κ1) is 30.1. The number of carbonyl (C=O) groups excluding carboxylic acids is 2. The number of nitrogens with zero attached hydrogens (tertiary/aromatic N) is 1. The molecule has 1 saturated carbocycles. The molecule has 7 nitrogen and oxygen atoms in total. The molecule has 2 aliphatic rings. The molecular weight excluding hydrogens is 521 g/mol. The summed E-state index contributed by atoms with van der Waals surface area (Å²) < 4.78 is 20.3. The molecule has 2 bridgehead atoms. The number of nitrogens with one attached hydrogen (secondary N) is 2. The Kier molecular flexibility index (Phi) is 10.0. The van der Waals surface area contributed by atoms with Gasteiger partial charge < -0.3 is 25.4 Å². The average molecular weight is 560 g/mol. The van der Waals surface area contributed by atoms with Gasteiger partial charge in [-0.25, -0.2) is 4.39 Å². The molecule has 1 heterocycles. The van der Waals surface area contributed by atoms with E-state index in [9.17, 15) is 19.1 Å². The van der Waals surface area contributed by atoms with Crippen molar-refractivity contribution in [1.29, 1.82) is 0 Å². The van der Waals surface area contributed by atoms with Crippen molar-refractivity contribution in [2.24, 2.45) is 0 Å². The lowest BCUT2D eigenvalue weighted by molar-refractivity contribution is -0.139. The molecule has 4 rings (SSSR count). The molecule has 3 atom stereocenters. The first-order chi connectivity index (χ1) is 19.7. The zero-order chi connectivity index (χ0) is 29.4. The number of aliphatic hydroxyl groups is 1. The second kappa shape index (κ2) is 13.7. The monoisotopic (exact) mass is 559 g/mol. The van der Waals surface area contributed by atoms with Crippen molar-refractivity contribution in [3.05, 3.63) is 65.0 Å². The minimum absolute atomic E-state index is 0.0295. The zero-order valence-electron chi connectivity index (χ0n) is 23.5. The third-order valence-electron chi connectivity index (χ3n) is 7.94. The number of terminal acetylenes is 2. The van der Waals surface area contributed by atoms with Crippen LogP contribution < -0.4 is 15.4 Å². The van der Waals surface area contributed by atoms with Crippen molar-refractivity contribution in [2.45, 2.75) is 75.1 Å². The number of fused-ring (bicyclic) bond motifs is 2. The summed E-state index contributed by atoms with van der Waals surface area (Å²) in [5.41, 5.74) is 2.08. The Bertz CT molecular complexity index is 1330. The van der Waals surface area contributed by atoms with Gasteiger partial charge in [-0.2, -0.15) is 0 Å². The Morgan fingerprint density at radius 3 is 2.73 bits per heavy atom. The number of carbonyl (C=O) groups is 2. The van der Waals surface area contributed by atoms with Crippen LogP contribution in [0.4, 0.5) is 4.39 Å². The summed E-state index contributed by atoms with van der Waals surface area (Å²) in [4.78, 5) is 27.8. The molecule has 2 aromatic carbocycles. The molecule has 2 aromatic rings. The van der Waals surface area contributed by atoms with Crippen LogP contribution in [-0.4, -0.2) is 60.2 Å². The third-order valence-corrected chi connectivity index (χ3v) is 7.94. The fourth-order valence-electron chi connectivity index (χ4n) is 5.29.